The minimum Gasteiger partial charge on any atom is -0.508 e. The van der Waals surface area contributed by atoms with Crippen molar-refractivity contribution in [2.75, 3.05) is 0 Å². The van der Waals surface area contributed by atoms with Crippen LogP contribution in [0.2, 0.25) is 10.0 Å². The van der Waals surface area contributed by atoms with E-state index >= 15 is 0 Å². The SMILES string of the molecule is O=C1CC(c2ccsc2)(c2cccc(Br)n2)NC(=O)C1Sc1ccccc1Cl.O=C1CC(c2ccsc2)(c2cccc(Oc3ccc(F)cc3)n2)NC(=O)C1Sc1ccccc1Cl.Oc1ccc(F)cc1. The average Bonchev–Trinajstić information content (AvgIpc) is 4.12. The number of hydrogen-bond acceptors (Lipinski definition) is 12. The number of nitrogens with one attached hydrogen (secondary N) is 2. The Labute approximate surface area is 441 Å². The van der Waals surface area contributed by atoms with E-state index in [-0.39, 0.29) is 53.6 Å². The highest BCUT2D eigenvalue weighted by atomic mass is 79.9. The number of carbonyl (C=O) groups excluding carboxylic acids is 4. The summed E-state index contributed by atoms with van der Waals surface area (Å²) < 4.78 is 31.7. The predicted molar refractivity (Wildman–Crippen MR) is 279 cm³/mol. The monoisotopic (exact) mass is 1130 g/mol. The Morgan fingerprint density at radius 1 is 0.606 bits per heavy atom. The predicted octanol–water partition coefficient (Wildman–Crippen LogP) is 12.8. The lowest BCUT2D eigenvalue weighted by atomic mass is 9.79. The third kappa shape index (κ3) is 12.2. The fourth-order valence-electron chi connectivity index (χ4n) is 7.60. The third-order valence-corrected chi connectivity index (χ3v) is 16.3. The van der Waals surface area contributed by atoms with Crippen LogP contribution >= 0.6 is 85.3 Å². The molecular weight excluding hydrogens is 1090 g/mol. The zero-order chi connectivity index (χ0) is 50.1. The van der Waals surface area contributed by atoms with Crippen molar-refractivity contribution >= 4 is 109 Å². The summed E-state index contributed by atoms with van der Waals surface area (Å²) in [6.45, 7) is 0. The number of phenolic OH excluding ortho intramolecular Hbond substituents is 1. The Morgan fingerprint density at radius 3 is 1.51 bits per heavy atom. The largest absolute Gasteiger partial charge is 0.508 e. The van der Waals surface area contributed by atoms with Crippen molar-refractivity contribution in [1.29, 1.82) is 0 Å². The molecule has 360 valence electrons. The molecule has 2 fully saturated rings. The van der Waals surface area contributed by atoms with E-state index in [0.717, 1.165) is 22.9 Å². The van der Waals surface area contributed by atoms with Gasteiger partial charge in [0.05, 0.1) is 21.4 Å². The second-order valence-electron chi connectivity index (χ2n) is 15.7. The van der Waals surface area contributed by atoms with Gasteiger partial charge in [0.2, 0.25) is 17.7 Å². The highest BCUT2D eigenvalue weighted by Crippen LogP contribution is 2.43. The molecule has 10 nitrogen and oxygen atoms in total. The van der Waals surface area contributed by atoms with E-state index in [1.807, 2.05) is 76.1 Å². The zero-order valence-electron chi connectivity index (χ0n) is 36.6. The molecule has 2 amide bonds. The van der Waals surface area contributed by atoms with Gasteiger partial charge in [0.25, 0.3) is 0 Å². The van der Waals surface area contributed by atoms with Crippen molar-refractivity contribution in [2.45, 2.75) is 44.2 Å². The maximum Gasteiger partial charge on any atom is 0.242 e. The number of halogens is 5. The molecule has 6 heterocycles. The summed E-state index contributed by atoms with van der Waals surface area (Å²) in [5.41, 5.74) is 0.591. The summed E-state index contributed by atoms with van der Waals surface area (Å²) in [6.07, 6.45) is 0.144. The summed E-state index contributed by atoms with van der Waals surface area (Å²) in [5, 5.41) is 21.6. The van der Waals surface area contributed by atoms with Crippen LogP contribution in [-0.4, -0.2) is 49.0 Å². The molecule has 8 aromatic rings. The molecule has 71 heavy (non-hydrogen) atoms. The van der Waals surface area contributed by atoms with Crippen molar-refractivity contribution in [3.8, 4) is 17.4 Å². The van der Waals surface area contributed by atoms with Crippen LogP contribution in [0.5, 0.6) is 17.4 Å². The van der Waals surface area contributed by atoms with Gasteiger partial charge in [-0.2, -0.15) is 22.7 Å². The molecule has 3 N–H and O–H groups in total. The van der Waals surface area contributed by atoms with Gasteiger partial charge in [-0.1, -0.05) is 59.6 Å². The topological polar surface area (TPSA) is 148 Å². The van der Waals surface area contributed by atoms with Crippen LogP contribution in [-0.2, 0) is 30.3 Å². The standard InChI is InChI=1S/C26H18ClFN2O3S2.C20H14BrClN2O2S2.C6H5FO/c27-19-4-1-2-5-21(19)35-24-20(31)14-26(30-25(24)32,16-12-13-34-15-16)22-6-3-7-23(29-22)33-18-10-8-17(28)9-11-18;21-17-7-3-6-16(23-17)20(12-8-9-27-11-12)10-14(25)18(19(26)24-20)28-15-5-2-1-4-13(15)22;7-5-1-3-6(8)4-2-5/h1-13,15,24H,14H2,(H,30,32);1-9,11,18H,10H2,(H,24,26);1-4,8H. The van der Waals surface area contributed by atoms with E-state index in [4.69, 9.17) is 33.0 Å². The lowest BCUT2D eigenvalue weighted by Crippen LogP contribution is -2.58. The average molecular weight is 1130 g/mol. The molecule has 2 aliphatic rings. The molecule has 4 unspecified atom stereocenters. The Bertz CT molecular complexity index is 3120. The number of ketones is 2. The van der Waals surface area contributed by atoms with Crippen LogP contribution in [0.1, 0.15) is 35.4 Å². The van der Waals surface area contributed by atoms with E-state index < -0.39 is 27.5 Å². The number of carbonyl (C=O) groups is 4. The van der Waals surface area contributed by atoms with Gasteiger partial charge in [-0.15, -0.1) is 23.5 Å². The molecule has 2 aliphatic heterocycles. The zero-order valence-corrected chi connectivity index (χ0v) is 43.0. The number of pyridine rings is 2. The Morgan fingerprint density at radius 2 is 1.07 bits per heavy atom. The minimum absolute atomic E-state index is 0.0184. The molecule has 0 radical (unpaired) electrons. The number of ether oxygens (including phenoxy) is 1. The van der Waals surface area contributed by atoms with E-state index in [0.29, 0.717) is 41.6 Å². The number of hydrogen-bond donors (Lipinski definition) is 3. The normalized spacial score (nSPS) is 19.6. The molecule has 0 aliphatic carbocycles. The van der Waals surface area contributed by atoms with Gasteiger partial charge in [-0.3, -0.25) is 19.2 Å². The number of nitrogens with zero attached hydrogens (tertiary/aromatic N) is 2. The summed E-state index contributed by atoms with van der Waals surface area (Å²) in [7, 11) is 0. The summed E-state index contributed by atoms with van der Waals surface area (Å²) in [4.78, 5) is 63.5. The fraction of sp³-hybridized carbons (Fsp3) is 0.115. The van der Waals surface area contributed by atoms with Crippen LogP contribution in [0.4, 0.5) is 8.78 Å². The van der Waals surface area contributed by atoms with Gasteiger partial charge < -0.3 is 20.5 Å². The van der Waals surface area contributed by atoms with Crippen LogP contribution in [0, 0.1) is 11.6 Å². The highest BCUT2D eigenvalue weighted by Gasteiger charge is 2.50. The smallest absolute Gasteiger partial charge is 0.242 e. The van der Waals surface area contributed by atoms with E-state index in [9.17, 15) is 28.0 Å². The van der Waals surface area contributed by atoms with Crippen LogP contribution in [0.3, 0.4) is 0 Å². The maximum atomic E-state index is 13.4. The van der Waals surface area contributed by atoms with Gasteiger partial charge in [0.1, 0.15) is 49.3 Å². The van der Waals surface area contributed by atoms with Crippen molar-refractivity contribution in [2.24, 2.45) is 0 Å². The van der Waals surface area contributed by atoms with E-state index in [2.05, 4.69) is 36.5 Å². The molecule has 0 saturated carbocycles. The Kier molecular flexibility index (Phi) is 16.7. The number of thioether (sulfide) groups is 2. The Hall–Kier alpha value is -5.92. The summed E-state index contributed by atoms with van der Waals surface area (Å²) in [6, 6.07) is 39.4. The number of aromatic hydroxyl groups is 1. The number of amides is 2. The number of benzene rings is 4. The molecule has 19 heteroatoms. The third-order valence-electron chi connectivity index (χ3n) is 11.0. The first-order valence-corrected chi connectivity index (χ1v) is 26.5. The molecule has 0 bridgehead atoms. The molecule has 2 saturated heterocycles. The minimum atomic E-state index is -1.14. The van der Waals surface area contributed by atoms with Gasteiger partial charge in [-0.05, 0) is 152 Å². The first-order valence-electron chi connectivity index (χ1n) is 21.3. The molecule has 4 aromatic heterocycles. The lowest BCUT2D eigenvalue weighted by molar-refractivity contribution is -0.134. The van der Waals surface area contributed by atoms with Gasteiger partial charge in [-0.25, -0.2) is 18.7 Å². The number of aromatic nitrogens is 2. The molecule has 4 aromatic carbocycles. The molecular formula is C52H37BrCl2F2N4O6S4. The first-order chi connectivity index (χ1) is 34.2. The number of rotatable bonds is 10. The molecule has 0 spiro atoms. The number of Topliss-reactive ketones (excluding diaryl/α,β-unsaturated/α-hetero) is 2. The highest BCUT2D eigenvalue weighted by molar-refractivity contribution is 9.10. The summed E-state index contributed by atoms with van der Waals surface area (Å²) >= 11 is 21.2. The van der Waals surface area contributed by atoms with Crippen LogP contribution in [0.25, 0.3) is 0 Å². The second-order valence-corrected chi connectivity index (χ2v) is 21.2. The van der Waals surface area contributed by atoms with Gasteiger partial charge in [0.15, 0.2) is 11.6 Å². The van der Waals surface area contributed by atoms with Gasteiger partial charge >= 0.3 is 0 Å². The quantitative estimate of drug-likeness (QED) is 0.0893. The van der Waals surface area contributed by atoms with E-state index in [1.165, 1.54) is 83.0 Å². The fourth-order valence-corrected chi connectivity index (χ4v) is 11.9. The maximum absolute atomic E-state index is 13.4. The van der Waals surface area contributed by atoms with Crippen molar-refractivity contribution in [3.05, 3.63) is 216 Å². The number of phenols is 1. The molecule has 10 rings (SSSR count). The van der Waals surface area contributed by atoms with Crippen molar-refractivity contribution in [3.63, 3.8) is 0 Å². The van der Waals surface area contributed by atoms with Crippen LogP contribution < -0.4 is 15.4 Å². The van der Waals surface area contributed by atoms with Crippen LogP contribution in [0.15, 0.2) is 182 Å². The number of piperidine rings is 2. The lowest BCUT2D eigenvalue weighted by Gasteiger charge is -2.39. The van der Waals surface area contributed by atoms with E-state index in [1.54, 1.807) is 42.5 Å². The van der Waals surface area contributed by atoms with Crippen molar-refractivity contribution in [1.82, 2.24) is 20.6 Å². The first kappa shape index (κ1) is 51.4. The molecule has 4 atom stereocenters. The van der Waals surface area contributed by atoms with Crippen molar-refractivity contribution < 1.29 is 37.8 Å². The van der Waals surface area contributed by atoms with Gasteiger partial charge in [0, 0.05) is 28.7 Å². The summed E-state index contributed by atoms with van der Waals surface area (Å²) in [5.74, 6) is -1.06. The Balaban J connectivity index is 0.000000167. The second kappa shape index (κ2) is 23.1. The number of thiophene rings is 2.